The van der Waals surface area contributed by atoms with Crippen LogP contribution >= 0.6 is 0 Å². The van der Waals surface area contributed by atoms with Crippen LogP contribution in [0.25, 0.3) is 0 Å². The molecule has 1 N–H and O–H groups in total. The molecule has 1 saturated heterocycles. The molecule has 1 heterocycles. The SMILES string of the molecule is CN1CCCNC(Oc2ccccc2)CCN(C)CCC1. The molecule has 0 aromatic heterocycles. The van der Waals surface area contributed by atoms with Gasteiger partial charge < -0.3 is 14.5 Å². The molecule has 1 aromatic rings. The van der Waals surface area contributed by atoms with Gasteiger partial charge in [-0.3, -0.25) is 5.32 Å². The molecule has 21 heavy (non-hydrogen) atoms. The van der Waals surface area contributed by atoms with E-state index in [1.165, 1.54) is 19.4 Å². The first-order valence-corrected chi connectivity index (χ1v) is 8.06. The second kappa shape index (κ2) is 9.03. The van der Waals surface area contributed by atoms with Crippen LogP contribution < -0.4 is 10.1 Å². The molecule has 2 rings (SSSR count). The lowest BCUT2D eigenvalue weighted by molar-refractivity contribution is 0.132. The Balaban J connectivity index is 1.88. The van der Waals surface area contributed by atoms with Crippen LogP contribution in [0.15, 0.2) is 30.3 Å². The molecule has 0 radical (unpaired) electrons. The van der Waals surface area contributed by atoms with E-state index < -0.39 is 0 Å². The van der Waals surface area contributed by atoms with Crippen molar-refractivity contribution in [3.63, 3.8) is 0 Å². The van der Waals surface area contributed by atoms with Crippen molar-refractivity contribution in [1.29, 1.82) is 0 Å². The van der Waals surface area contributed by atoms with Gasteiger partial charge in [-0.25, -0.2) is 0 Å². The van der Waals surface area contributed by atoms with E-state index in [1.54, 1.807) is 0 Å². The number of rotatable bonds is 2. The van der Waals surface area contributed by atoms with E-state index in [2.05, 4.69) is 29.2 Å². The van der Waals surface area contributed by atoms with Crippen LogP contribution in [0.1, 0.15) is 19.3 Å². The molecule has 1 unspecified atom stereocenters. The number of nitrogens with zero attached hydrogens (tertiary/aromatic N) is 2. The van der Waals surface area contributed by atoms with Gasteiger partial charge in [0.1, 0.15) is 5.75 Å². The minimum Gasteiger partial charge on any atom is -0.475 e. The molecule has 0 aliphatic carbocycles. The summed E-state index contributed by atoms with van der Waals surface area (Å²) in [5.41, 5.74) is 0. The average Bonchev–Trinajstić information content (AvgIpc) is 2.48. The lowest BCUT2D eigenvalue weighted by Gasteiger charge is -2.26. The van der Waals surface area contributed by atoms with Crippen LogP contribution in [0.3, 0.4) is 0 Å². The second-order valence-electron chi connectivity index (χ2n) is 5.98. The molecular formula is C17H29N3O. The summed E-state index contributed by atoms with van der Waals surface area (Å²) in [7, 11) is 4.41. The highest BCUT2D eigenvalue weighted by Crippen LogP contribution is 2.12. The Hall–Kier alpha value is -1.10. The van der Waals surface area contributed by atoms with Crippen molar-refractivity contribution in [1.82, 2.24) is 15.1 Å². The van der Waals surface area contributed by atoms with Crippen LogP contribution in [0.5, 0.6) is 5.75 Å². The first-order valence-electron chi connectivity index (χ1n) is 8.06. The molecule has 1 fully saturated rings. The van der Waals surface area contributed by atoms with E-state index in [-0.39, 0.29) is 6.23 Å². The molecule has 118 valence electrons. The predicted octanol–water partition coefficient (Wildman–Crippen LogP) is 2.03. The smallest absolute Gasteiger partial charge is 0.151 e. The Morgan fingerprint density at radius 2 is 1.62 bits per heavy atom. The summed E-state index contributed by atoms with van der Waals surface area (Å²) in [6, 6.07) is 10.1. The molecular weight excluding hydrogens is 262 g/mol. The summed E-state index contributed by atoms with van der Waals surface area (Å²) < 4.78 is 6.08. The van der Waals surface area contributed by atoms with E-state index in [4.69, 9.17) is 4.74 Å². The second-order valence-corrected chi connectivity index (χ2v) is 5.98. The zero-order chi connectivity index (χ0) is 14.9. The van der Waals surface area contributed by atoms with Gasteiger partial charge in [0, 0.05) is 13.0 Å². The highest BCUT2D eigenvalue weighted by molar-refractivity contribution is 5.21. The van der Waals surface area contributed by atoms with E-state index in [1.807, 2.05) is 30.3 Å². The quantitative estimate of drug-likeness (QED) is 0.902. The van der Waals surface area contributed by atoms with Gasteiger partial charge in [-0.05, 0) is 65.2 Å². The number of hydrogen-bond donors (Lipinski definition) is 1. The first kappa shape index (κ1) is 16.3. The predicted molar refractivity (Wildman–Crippen MR) is 87.7 cm³/mol. The standard InChI is InChI=1S/C17H29N3O/c1-19-12-6-11-18-17(10-15-20(2)14-7-13-19)21-16-8-4-3-5-9-16/h3-5,8-9,17-18H,6-7,10-15H2,1-2H3. The van der Waals surface area contributed by atoms with Gasteiger partial charge in [0.25, 0.3) is 0 Å². The Bertz CT molecular complexity index is 385. The van der Waals surface area contributed by atoms with Crippen LogP contribution in [0, 0.1) is 0 Å². The van der Waals surface area contributed by atoms with Gasteiger partial charge in [0.2, 0.25) is 0 Å². The normalized spacial score (nSPS) is 24.0. The molecule has 0 spiro atoms. The topological polar surface area (TPSA) is 27.7 Å². The number of benzene rings is 1. The lowest BCUT2D eigenvalue weighted by atomic mass is 10.2. The van der Waals surface area contributed by atoms with E-state index in [0.717, 1.165) is 38.3 Å². The number of hydrogen-bond acceptors (Lipinski definition) is 4. The summed E-state index contributed by atoms with van der Waals surface area (Å²) in [4.78, 5) is 4.82. The maximum Gasteiger partial charge on any atom is 0.151 e. The fourth-order valence-electron chi connectivity index (χ4n) is 2.65. The van der Waals surface area contributed by atoms with Crippen LogP contribution in [-0.2, 0) is 0 Å². The van der Waals surface area contributed by atoms with Crippen molar-refractivity contribution >= 4 is 0 Å². The molecule has 0 amide bonds. The third kappa shape index (κ3) is 6.46. The largest absolute Gasteiger partial charge is 0.475 e. The van der Waals surface area contributed by atoms with Crippen LogP contribution in [-0.4, -0.2) is 62.8 Å². The maximum absolute atomic E-state index is 6.08. The monoisotopic (exact) mass is 291 g/mol. The van der Waals surface area contributed by atoms with Crippen molar-refractivity contribution < 1.29 is 4.74 Å². The summed E-state index contributed by atoms with van der Waals surface area (Å²) in [5, 5.41) is 3.55. The fourth-order valence-corrected chi connectivity index (χ4v) is 2.65. The highest BCUT2D eigenvalue weighted by Gasteiger charge is 2.12. The number of ether oxygens (including phenoxy) is 1. The fraction of sp³-hybridized carbons (Fsp3) is 0.647. The molecule has 0 bridgehead atoms. The van der Waals surface area contributed by atoms with E-state index in [0.29, 0.717) is 0 Å². The minimum atomic E-state index is 0.0968. The van der Waals surface area contributed by atoms with Gasteiger partial charge in [-0.2, -0.15) is 0 Å². The third-order valence-electron chi connectivity index (χ3n) is 3.96. The van der Waals surface area contributed by atoms with Crippen LogP contribution in [0.4, 0.5) is 0 Å². The van der Waals surface area contributed by atoms with Gasteiger partial charge in [0.15, 0.2) is 6.23 Å². The van der Waals surface area contributed by atoms with E-state index in [9.17, 15) is 0 Å². The highest BCUT2D eigenvalue weighted by atomic mass is 16.5. The van der Waals surface area contributed by atoms with Crippen molar-refractivity contribution in [2.24, 2.45) is 0 Å². The molecule has 1 aromatic carbocycles. The lowest BCUT2D eigenvalue weighted by Crippen LogP contribution is -2.40. The number of nitrogens with one attached hydrogen (secondary N) is 1. The molecule has 0 saturated carbocycles. The Kier molecular flexibility index (Phi) is 7.00. The van der Waals surface area contributed by atoms with Crippen molar-refractivity contribution in [2.75, 3.05) is 46.8 Å². The van der Waals surface area contributed by atoms with Gasteiger partial charge >= 0.3 is 0 Å². The Morgan fingerprint density at radius 1 is 0.952 bits per heavy atom. The third-order valence-corrected chi connectivity index (χ3v) is 3.96. The summed E-state index contributed by atoms with van der Waals surface area (Å²) in [6.45, 7) is 5.56. The molecule has 4 heteroatoms. The molecule has 1 aliphatic rings. The van der Waals surface area contributed by atoms with Crippen molar-refractivity contribution in [3.05, 3.63) is 30.3 Å². The summed E-state index contributed by atoms with van der Waals surface area (Å²) >= 11 is 0. The minimum absolute atomic E-state index is 0.0968. The number of para-hydroxylation sites is 1. The summed E-state index contributed by atoms with van der Waals surface area (Å²) in [5.74, 6) is 0.946. The molecule has 1 aliphatic heterocycles. The maximum atomic E-state index is 6.08. The molecule has 4 nitrogen and oxygen atoms in total. The van der Waals surface area contributed by atoms with Gasteiger partial charge in [0.05, 0.1) is 0 Å². The molecule has 1 atom stereocenters. The van der Waals surface area contributed by atoms with Gasteiger partial charge in [-0.15, -0.1) is 0 Å². The van der Waals surface area contributed by atoms with Crippen molar-refractivity contribution in [2.45, 2.75) is 25.5 Å². The Labute approximate surface area is 129 Å². The Morgan fingerprint density at radius 3 is 2.38 bits per heavy atom. The van der Waals surface area contributed by atoms with Crippen LogP contribution in [0.2, 0.25) is 0 Å². The van der Waals surface area contributed by atoms with E-state index >= 15 is 0 Å². The van der Waals surface area contributed by atoms with Gasteiger partial charge in [-0.1, -0.05) is 18.2 Å². The van der Waals surface area contributed by atoms with Crippen molar-refractivity contribution in [3.8, 4) is 5.75 Å². The summed E-state index contributed by atoms with van der Waals surface area (Å²) in [6.07, 6.45) is 3.52. The zero-order valence-electron chi connectivity index (χ0n) is 13.4. The average molecular weight is 291 g/mol. The first-order chi connectivity index (χ1) is 10.2. The zero-order valence-corrected chi connectivity index (χ0v) is 13.4.